The van der Waals surface area contributed by atoms with Gasteiger partial charge < -0.3 is 14.4 Å². The summed E-state index contributed by atoms with van der Waals surface area (Å²) in [5.74, 6) is -0.394. The third kappa shape index (κ3) is 3.82. The first kappa shape index (κ1) is 22.1. The van der Waals surface area contributed by atoms with Crippen LogP contribution in [0.4, 0.5) is 13.2 Å². The number of hydrogen-bond acceptors (Lipinski definition) is 5. The summed E-state index contributed by atoms with van der Waals surface area (Å²) in [6.07, 6.45) is -2.83. The number of aromatic nitrogens is 2. The highest BCUT2D eigenvalue weighted by Crippen LogP contribution is 2.58. The molecule has 0 spiro atoms. The second-order valence-electron chi connectivity index (χ2n) is 8.77. The fourth-order valence-electron chi connectivity index (χ4n) is 4.59. The minimum Gasteiger partial charge on any atom is -0.420 e. The van der Waals surface area contributed by atoms with Crippen molar-refractivity contribution in [2.24, 2.45) is 11.8 Å². The number of amides is 1. The average molecular weight is 458 g/mol. The van der Waals surface area contributed by atoms with Crippen LogP contribution in [0.15, 0.2) is 28.7 Å². The molecule has 0 radical (unpaired) electrons. The van der Waals surface area contributed by atoms with Gasteiger partial charge in [0.25, 0.3) is 5.91 Å². The predicted octanol–water partition coefficient (Wildman–Crippen LogP) is 4.22. The maximum absolute atomic E-state index is 13.1. The van der Waals surface area contributed by atoms with E-state index in [1.54, 1.807) is 24.3 Å². The SMILES string of the molecule is C[C@@H]1CN(C(=O)[C@@](C)(O)C(F)(F)F)CC[C@@H]1C1(c2nnc(-c3ccc(Cl)cc3)o2)CC1. The molecule has 1 aliphatic heterocycles. The van der Waals surface area contributed by atoms with Crippen molar-refractivity contribution >= 4 is 17.5 Å². The molecule has 1 amide bonds. The molecule has 1 aromatic heterocycles. The lowest BCUT2D eigenvalue weighted by Gasteiger charge is -2.42. The van der Waals surface area contributed by atoms with Gasteiger partial charge in [0.2, 0.25) is 17.4 Å². The number of halogens is 4. The molecule has 1 saturated carbocycles. The Morgan fingerprint density at radius 1 is 1.26 bits per heavy atom. The number of alkyl halides is 3. The van der Waals surface area contributed by atoms with Gasteiger partial charge in [-0.15, -0.1) is 10.2 Å². The molecular formula is C21H23ClF3N3O3. The standard InChI is InChI=1S/C21H23ClF3N3O3/c1-12-11-28(18(29)19(2,30)21(23,24)25)10-7-15(12)20(8-9-20)17-27-26-16(31-17)13-3-5-14(22)6-4-13/h3-6,12,15,30H,7-11H2,1-2H3/t12-,15+,19-/m1/s1. The number of carbonyl (C=O) groups excluding carboxylic acids is 1. The largest absolute Gasteiger partial charge is 0.426 e. The van der Waals surface area contributed by atoms with Gasteiger partial charge >= 0.3 is 6.18 Å². The highest BCUT2D eigenvalue weighted by molar-refractivity contribution is 6.30. The van der Waals surface area contributed by atoms with E-state index in [9.17, 15) is 23.1 Å². The molecule has 2 fully saturated rings. The topological polar surface area (TPSA) is 79.5 Å². The van der Waals surface area contributed by atoms with Crippen LogP contribution in [0.1, 0.15) is 39.0 Å². The average Bonchev–Trinajstić information content (AvgIpc) is 3.35. The molecule has 3 atom stereocenters. The van der Waals surface area contributed by atoms with Crippen molar-refractivity contribution in [1.29, 1.82) is 0 Å². The number of carbonyl (C=O) groups is 1. The minimum absolute atomic E-state index is 0.0879. The van der Waals surface area contributed by atoms with Crippen molar-refractivity contribution < 1.29 is 27.5 Å². The molecular weight excluding hydrogens is 435 g/mol. The van der Waals surface area contributed by atoms with Crippen molar-refractivity contribution in [2.75, 3.05) is 13.1 Å². The molecule has 0 bridgehead atoms. The summed E-state index contributed by atoms with van der Waals surface area (Å²) >= 11 is 5.92. The lowest BCUT2D eigenvalue weighted by molar-refractivity contribution is -0.251. The Morgan fingerprint density at radius 2 is 1.90 bits per heavy atom. The molecule has 10 heteroatoms. The molecule has 1 saturated heterocycles. The molecule has 2 heterocycles. The van der Waals surface area contributed by atoms with E-state index in [1.165, 1.54) is 0 Å². The highest BCUT2D eigenvalue weighted by atomic mass is 35.5. The number of piperidine rings is 1. The zero-order chi connectivity index (χ0) is 22.6. The van der Waals surface area contributed by atoms with Crippen LogP contribution >= 0.6 is 11.6 Å². The van der Waals surface area contributed by atoms with E-state index in [2.05, 4.69) is 10.2 Å². The number of hydrogen-bond donors (Lipinski definition) is 1. The molecule has 31 heavy (non-hydrogen) atoms. The van der Waals surface area contributed by atoms with E-state index in [0.29, 0.717) is 30.1 Å². The van der Waals surface area contributed by atoms with E-state index in [-0.39, 0.29) is 30.3 Å². The summed E-state index contributed by atoms with van der Waals surface area (Å²) in [5.41, 5.74) is -2.96. The van der Waals surface area contributed by atoms with Crippen molar-refractivity contribution in [1.82, 2.24) is 15.1 Å². The Bertz CT molecular complexity index is 970. The number of nitrogens with zero attached hydrogens (tertiary/aromatic N) is 3. The van der Waals surface area contributed by atoms with E-state index in [1.807, 2.05) is 6.92 Å². The Kier molecular flexibility index (Phi) is 5.33. The maximum Gasteiger partial charge on any atom is 0.426 e. The van der Waals surface area contributed by atoms with E-state index < -0.39 is 17.7 Å². The second-order valence-corrected chi connectivity index (χ2v) is 9.21. The van der Waals surface area contributed by atoms with Gasteiger partial charge in [0.05, 0.1) is 5.41 Å². The summed E-state index contributed by atoms with van der Waals surface area (Å²) in [7, 11) is 0. The molecule has 2 aliphatic rings. The molecule has 168 valence electrons. The van der Waals surface area contributed by atoms with Gasteiger partial charge in [-0.3, -0.25) is 4.79 Å². The zero-order valence-corrected chi connectivity index (χ0v) is 17.9. The van der Waals surface area contributed by atoms with Crippen molar-refractivity contribution in [3.05, 3.63) is 35.2 Å². The lowest BCUT2D eigenvalue weighted by Crippen LogP contribution is -2.58. The van der Waals surface area contributed by atoms with Crippen molar-refractivity contribution in [3.8, 4) is 11.5 Å². The number of likely N-dealkylation sites (tertiary alicyclic amines) is 1. The van der Waals surface area contributed by atoms with Gasteiger partial charge in [-0.2, -0.15) is 13.2 Å². The van der Waals surface area contributed by atoms with Crippen molar-refractivity contribution in [2.45, 2.75) is 50.3 Å². The number of aliphatic hydroxyl groups is 1. The first-order valence-corrected chi connectivity index (χ1v) is 10.5. The highest BCUT2D eigenvalue weighted by Gasteiger charge is 2.60. The first-order valence-electron chi connectivity index (χ1n) is 10.1. The fourth-order valence-corrected chi connectivity index (χ4v) is 4.72. The third-order valence-electron chi connectivity index (χ3n) is 6.60. The van der Waals surface area contributed by atoms with Crippen LogP contribution in [0.5, 0.6) is 0 Å². The summed E-state index contributed by atoms with van der Waals surface area (Å²) in [6, 6.07) is 7.05. The second kappa shape index (κ2) is 7.48. The molecule has 1 aromatic carbocycles. The van der Waals surface area contributed by atoms with Crippen LogP contribution in [0, 0.1) is 11.8 Å². The summed E-state index contributed by atoms with van der Waals surface area (Å²) in [4.78, 5) is 13.5. The lowest BCUT2D eigenvalue weighted by atomic mass is 9.74. The Labute approximate surface area is 182 Å². The molecule has 6 nitrogen and oxygen atoms in total. The van der Waals surface area contributed by atoms with Crippen LogP contribution in [-0.4, -0.2) is 51.0 Å². The van der Waals surface area contributed by atoms with Crippen LogP contribution < -0.4 is 0 Å². The van der Waals surface area contributed by atoms with Crippen molar-refractivity contribution in [3.63, 3.8) is 0 Å². The molecule has 2 aromatic rings. The minimum atomic E-state index is -5.02. The number of rotatable bonds is 4. The monoisotopic (exact) mass is 457 g/mol. The third-order valence-corrected chi connectivity index (χ3v) is 6.85. The van der Waals surface area contributed by atoms with Gasteiger partial charge in [0.1, 0.15) is 0 Å². The summed E-state index contributed by atoms with van der Waals surface area (Å²) < 4.78 is 45.2. The quantitative estimate of drug-likeness (QED) is 0.743. The Balaban J connectivity index is 1.49. The maximum atomic E-state index is 13.1. The van der Waals surface area contributed by atoms with E-state index in [0.717, 1.165) is 23.3 Å². The van der Waals surface area contributed by atoms with Gasteiger partial charge in [-0.05, 0) is 62.3 Å². The fraction of sp³-hybridized carbons (Fsp3) is 0.571. The first-order chi connectivity index (χ1) is 14.5. The van der Waals surface area contributed by atoms with E-state index in [4.69, 9.17) is 16.0 Å². The summed E-state index contributed by atoms with van der Waals surface area (Å²) in [6.45, 7) is 2.68. The normalized spacial score (nSPS) is 25.2. The smallest absolute Gasteiger partial charge is 0.420 e. The van der Waals surface area contributed by atoms with Gasteiger partial charge in [-0.25, -0.2) is 0 Å². The molecule has 4 rings (SSSR count). The van der Waals surface area contributed by atoms with E-state index >= 15 is 0 Å². The van der Waals surface area contributed by atoms with Gasteiger partial charge in [0, 0.05) is 23.7 Å². The molecule has 0 unspecified atom stereocenters. The van der Waals surface area contributed by atoms with Gasteiger partial charge in [-0.1, -0.05) is 18.5 Å². The Morgan fingerprint density at radius 3 is 2.45 bits per heavy atom. The van der Waals surface area contributed by atoms with Crippen LogP contribution in [0.25, 0.3) is 11.5 Å². The zero-order valence-electron chi connectivity index (χ0n) is 17.1. The van der Waals surface area contributed by atoms with Crippen LogP contribution in [0.2, 0.25) is 5.02 Å². The predicted molar refractivity (Wildman–Crippen MR) is 106 cm³/mol. The van der Waals surface area contributed by atoms with Gasteiger partial charge in [0.15, 0.2) is 0 Å². The number of benzene rings is 1. The summed E-state index contributed by atoms with van der Waals surface area (Å²) in [5, 5.41) is 18.8. The Hall–Kier alpha value is -2.13. The molecule has 1 aliphatic carbocycles. The molecule has 1 N–H and O–H groups in total. The van der Waals surface area contributed by atoms with Crippen LogP contribution in [-0.2, 0) is 10.2 Å². The van der Waals surface area contributed by atoms with Crippen LogP contribution in [0.3, 0.4) is 0 Å².